The van der Waals surface area contributed by atoms with E-state index < -0.39 is 0 Å². The molecule has 1 fully saturated rings. The van der Waals surface area contributed by atoms with Gasteiger partial charge in [-0.2, -0.15) is 5.26 Å². The zero-order valence-corrected chi connectivity index (χ0v) is 14.9. The highest BCUT2D eigenvalue weighted by Gasteiger charge is 2.25. The first-order chi connectivity index (χ1) is 12.3. The molecule has 1 aliphatic rings. The first-order valence-electron chi connectivity index (χ1n) is 8.46. The number of hydrogen-bond donors (Lipinski definition) is 0. The van der Waals surface area contributed by atoms with Crippen LogP contribution in [0.5, 0.6) is 0 Å². The van der Waals surface area contributed by atoms with Crippen molar-refractivity contribution in [2.45, 2.75) is 13.0 Å². The fourth-order valence-corrected chi connectivity index (χ4v) is 4.34. The summed E-state index contributed by atoms with van der Waals surface area (Å²) in [6.45, 7) is 5.87. The van der Waals surface area contributed by atoms with Crippen LogP contribution in [0.25, 0.3) is 10.2 Å². The van der Waals surface area contributed by atoms with Gasteiger partial charge in [-0.15, -0.1) is 11.3 Å². The van der Waals surface area contributed by atoms with Crippen LogP contribution < -0.4 is 4.90 Å². The normalized spacial score (nSPS) is 16.7. The molecule has 1 atom stereocenters. The van der Waals surface area contributed by atoms with Crippen molar-refractivity contribution in [1.29, 1.82) is 5.26 Å². The third-order valence-electron chi connectivity index (χ3n) is 4.74. The van der Waals surface area contributed by atoms with Crippen LogP contribution in [-0.4, -0.2) is 41.0 Å². The van der Waals surface area contributed by atoms with Gasteiger partial charge in [0.25, 0.3) is 0 Å². The second-order valence-corrected chi connectivity index (χ2v) is 7.27. The summed E-state index contributed by atoms with van der Waals surface area (Å²) in [5.74, 6) is 0.803. The highest BCUT2D eigenvalue weighted by atomic mass is 32.1. The molecule has 126 valence electrons. The van der Waals surface area contributed by atoms with Crippen LogP contribution in [-0.2, 0) is 0 Å². The van der Waals surface area contributed by atoms with E-state index in [0.717, 1.165) is 37.5 Å². The lowest BCUT2D eigenvalue weighted by Crippen LogP contribution is -2.47. The molecule has 0 unspecified atom stereocenters. The quantitative estimate of drug-likeness (QED) is 0.725. The van der Waals surface area contributed by atoms with Crippen LogP contribution in [0.15, 0.2) is 42.6 Å². The van der Waals surface area contributed by atoms with E-state index in [2.05, 4.69) is 46.0 Å². The molecule has 5 nitrogen and oxygen atoms in total. The first kappa shape index (κ1) is 16.0. The number of pyridine rings is 1. The number of nitriles is 1. The molecule has 3 heterocycles. The number of rotatable bonds is 3. The number of benzene rings is 1. The zero-order chi connectivity index (χ0) is 17.2. The van der Waals surface area contributed by atoms with Crippen molar-refractivity contribution in [1.82, 2.24) is 14.9 Å². The Hall–Kier alpha value is -2.49. The minimum absolute atomic E-state index is 0.304. The van der Waals surface area contributed by atoms with Gasteiger partial charge < -0.3 is 4.90 Å². The van der Waals surface area contributed by atoms with Gasteiger partial charge in [-0.3, -0.25) is 4.90 Å². The van der Waals surface area contributed by atoms with Gasteiger partial charge in [-0.05, 0) is 31.2 Å². The highest BCUT2D eigenvalue weighted by molar-refractivity contribution is 7.18. The maximum Gasteiger partial charge on any atom is 0.146 e. The largest absolute Gasteiger partial charge is 0.353 e. The lowest BCUT2D eigenvalue weighted by molar-refractivity contribution is 0.198. The Kier molecular flexibility index (Phi) is 4.35. The summed E-state index contributed by atoms with van der Waals surface area (Å²) in [5, 5.41) is 10.4. The summed E-state index contributed by atoms with van der Waals surface area (Å²) in [6, 6.07) is 14.5. The maximum absolute atomic E-state index is 9.27. The Bertz CT molecular complexity index is 888. The second kappa shape index (κ2) is 6.79. The number of anilines is 1. The molecule has 2 aromatic heterocycles. The van der Waals surface area contributed by atoms with Crippen LogP contribution in [0.4, 0.5) is 5.82 Å². The lowest BCUT2D eigenvalue weighted by atomic mass is 10.2. The van der Waals surface area contributed by atoms with E-state index in [9.17, 15) is 5.26 Å². The topological polar surface area (TPSA) is 56.1 Å². The summed E-state index contributed by atoms with van der Waals surface area (Å²) in [5.41, 5.74) is 1.73. The molecule has 0 N–H and O–H groups in total. The zero-order valence-electron chi connectivity index (χ0n) is 14.1. The van der Waals surface area contributed by atoms with Gasteiger partial charge in [0.1, 0.15) is 16.9 Å². The maximum atomic E-state index is 9.27. The Labute approximate surface area is 151 Å². The van der Waals surface area contributed by atoms with Crippen LogP contribution in [0.2, 0.25) is 0 Å². The van der Waals surface area contributed by atoms with Crippen molar-refractivity contribution in [2.24, 2.45) is 0 Å². The summed E-state index contributed by atoms with van der Waals surface area (Å²) in [7, 11) is 0. The number of hydrogen-bond acceptors (Lipinski definition) is 6. The molecule has 0 radical (unpaired) electrons. The number of aromatic nitrogens is 2. The molecular weight excluding hydrogens is 330 g/mol. The van der Waals surface area contributed by atoms with Gasteiger partial charge in [0.15, 0.2) is 0 Å². The molecule has 1 aromatic carbocycles. The SMILES string of the molecule is C[C@H](c1nc2ccccc2s1)N1CCN(c2ncccc2C#N)CC1. The van der Waals surface area contributed by atoms with E-state index in [4.69, 9.17) is 4.98 Å². The molecule has 0 bridgehead atoms. The summed E-state index contributed by atoms with van der Waals surface area (Å²) < 4.78 is 1.25. The van der Waals surface area contributed by atoms with Crippen molar-refractivity contribution in [3.05, 3.63) is 53.2 Å². The number of para-hydroxylation sites is 1. The third kappa shape index (κ3) is 3.09. The first-order valence-corrected chi connectivity index (χ1v) is 9.27. The van der Waals surface area contributed by atoms with Crippen LogP contribution >= 0.6 is 11.3 Å². The van der Waals surface area contributed by atoms with E-state index in [1.807, 2.05) is 18.2 Å². The number of thiazole rings is 1. The predicted octanol–water partition coefficient (Wildman–Crippen LogP) is 3.45. The molecular formula is C19H19N5S. The molecule has 1 saturated heterocycles. The van der Waals surface area contributed by atoms with E-state index in [0.29, 0.717) is 11.6 Å². The van der Waals surface area contributed by atoms with Gasteiger partial charge in [-0.1, -0.05) is 12.1 Å². The Morgan fingerprint density at radius 2 is 1.92 bits per heavy atom. The Balaban J connectivity index is 1.47. The number of nitrogens with zero attached hydrogens (tertiary/aromatic N) is 5. The Morgan fingerprint density at radius 1 is 1.12 bits per heavy atom. The van der Waals surface area contributed by atoms with Crippen molar-refractivity contribution in [3.63, 3.8) is 0 Å². The number of fused-ring (bicyclic) bond motifs is 1. The molecule has 3 aromatic rings. The molecule has 0 spiro atoms. The fraction of sp³-hybridized carbons (Fsp3) is 0.316. The van der Waals surface area contributed by atoms with E-state index in [1.54, 1.807) is 17.5 Å². The van der Waals surface area contributed by atoms with Crippen LogP contribution in [0, 0.1) is 11.3 Å². The molecule has 0 amide bonds. The number of piperazine rings is 1. The molecule has 25 heavy (non-hydrogen) atoms. The minimum Gasteiger partial charge on any atom is -0.353 e. The monoisotopic (exact) mass is 349 g/mol. The van der Waals surface area contributed by atoms with Crippen molar-refractivity contribution >= 4 is 27.4 Å². The smallest absolute Gasteiger partial charge is 0.146 e. The predicted molar refractivity (Wildman–Crippen MR) is 101 cm³/mol. The van der Waals surface area contributed by atoms with Gasteiger partial charge in [0, 0.05) is 32.4 Å². The van der Waals surface area contributed by atoms with Crippen molar-refractivity contribution in [2.75, 3.05) is 31.1 Å². The van der Waals surface area contributed by atoms with Crippen molar-refractivity contribution < 1.29 is 0 Å². The average Bonchev–Trinajstić information content (AvgIpc) is 3.12. The minimum atomic E-state index is 0.304. The summed E-state index contributed by atoms with van der Waals surface area (Å²) in [4.78, 5) is 13.9. The highest BCUT2D eigenvalue weighted by Crippen LogP contribution is 2.30. The van der Waals surface area contributed by atoms with Gasteiger partial charge in [0.2, 0.25) is 0 Å². The summed E-state index contributed by atoms with van der Waals surface area (Å²) >= 11 is 1.78. The molecule has 1 aliphatic heterocycles. The van der Waals surface area contributed by atoms with Gasteiger partial charge in [0.05, 0.1) is 21.8 Å². The molecule has 0 aliphatic carbocycles. The Morgan fingerprint density at radius 3 is 2.68 bits per heavy atom. The van der Waals surface area contributed by atoms with Gasteiger partial charge in [-0.25, -0.2) is 9.97 Å². The van der Waals surface area contributed by atoms with E-state index in [1.165, 1.54) is 9.71 Å². The molecule has 6 heteroatoms. The second-order valence-electron chi connectivity index (χ2n) is 6.21. The molecule has 0 saturated carbocycles. The van der Waals surface area contributed by atoms with E-state index >= 15 is 0 Å². The van der Waals surface area contributed by atoms with E-state index in [-0.39, 0.29) is 0 Å². The summed E-state index contributed by atoms with van der Waals surface area (Å²) in [6.07, 6.45) is 1.76. The third-order valence-corrected chi connectivity index (χ3v) is 5.94. The van der Waals surface area contributed by atoms with Gasteiger partial charge >= 0.3 is 0 Å². The van der Waals surface area contributed by atoms with Crippen LogP contribution in [0.1, 0.15) is 23.5 Å². The van der Waals surface area contributed by atoms with Crippen molar-refractivity contribution in [3.8, 4) is 6.07 Å². The average molecular weight is 349 g/mol. The molecule has 4 rings (SSSR count). The fourth-order valence-electron chi connectivity index (χ4n) is 3.28. The van der Waals surface area contributed by atoms with Crippen LogP contribution in [0.3, 0.4) is 0 Å². The lowest BCUT2D eigenvalue weighted by Gasteiger charge is -2.38. The standard InChI is InChI=1S/C19H19N5S/c1-14(19-22-16-6-2-3-7-17(16)25-19)23-9-11-24(12-10-23)18-15(13-20)5-4-8-21-18/h2-8,14H,9-12H2,1H3/t14-/m1/s1.